The zero-order valence-corrected chi connectivity index (χ0v) is 16.7. The Hall–Kier alpha value is -3.43. The Labute approximate surface area is 169 Å². The molecule has 1 aromatic carbocycles. The number of pyridine rings is 1. The van der Waals surface area contributed by atoms with Crippen LogP contribution in [0, 0.1) is 13.8 Å². The Balaban J connectivity index is 1.78. The molecule has 2 aromatic heterocycles. The Morgan fingerprint density at radius 2 is 1.90 bits per heavy atom. The summed E-state index contributed by atoms with van der Waals surface area (Å²) in [6, 6.07) is 5.73. The fourth-order valence-corrected chi connectivity index (χ4v) is 3.03. The molecule has 0 bridgehead atoms. The number of carbonyl (C=O) groups excluding carboxylic acids is 2. The number of carbonyl (C=O) groups is 2. The third kappa shape index (κ3) is 4.27. The van der Waals surface area contributed by atoms with Gasteiger partial charge in [-0.2, -0.15) is 18.3 Å². The molecule has 30 heavy (non-hydrogen) atoms. The van der Waals surface area contributed by atoms with E-state index in [9.17, 15) is 22.8 Å². The number of nitrogens with zero attached hydrogens (tertiary/aromatic N) is 3. The number of ether oxygens (including phenoxy) is 1. The Kier molecular flexibility index (Phi) is 5.51. The number of nitrogens with one attached hydrogen (secondary N) is 1. The highest BCUT2D eigenvalue weighted by Gasteiger charge is 2.31. The number of rotatable bonds is 4. The maximum absolute atomic E-state index is 12.8. The summed E-state index contributed by atoms with van der Waals surface area (Å²) in [4.78, 5) is 29.4. The minimum Gasteiger partial charge on any atom is -0.449 e. The highest BCUT2D eigenvalue weighted by Crippen LogP contribution is 2.30. The van der Waals surface area contributed by atoms with E-state index in [-0.39, 0.29) is 11.3 Å². The van der Waals surface area contributed by atoms with Crippen molar-refractivity contribution in [3.05, 3.63) is 52.8 Å². The first-order valence-corrected chi connectivity index (χ1v) is 8.97. The van der Waals surface area contributed by atoms with Gasteiger partial charge in [0.2, 0.25) is 0 Å². The molecule has 0 aliphatic carbocycles. The van der Waals surface area contributed by atoms with Gasteiger partial charge in [0.15, 0.2) is 11.8 Å². The van der Waals surface area contributed by atoms with Crippen molar-refractivity contribution in [1.29, 1.82) is 0 Å². The maximum atomic E-state index is 12.8. The van der Waals surface area contributed by atoms with Crippen molar-refractivity contribution in [1.82, 2.24) is 14.8 Å². The smallest absolute Gasteiger partial charge is 0.416 e. The first-order valence-electron chi connectivity index (χ1n) is 8.97. The van der Waals surface area contributed by atoms with Gasteiger partial charge >= 0.3 is 12.1 Å². The Morgan fingerprint density at radius 3 is 2.57 bits per heavy atom. The maximum Gasteiger partial charge on any atom is 0.416 e. The Bertz CT molecular complexity index is 1140. The van der Waals surface area contributed by atoms with Gasteiger partial charge in [0.05, 0.1) is 22.2 Å². The number of fused-ring (bicyclic) bond motifs is 1. The van der Waals surface area contributed by atoms with E-state index in [0.717, 1.165) is 12.1 Å². The fraction of sp³-hybridized carbons (Fsp3) is 0.300. The van der Waals surface area contributed by atoms with Crippen LogP contribution in [0.25, 0.3) is 11.0 Å². The number of alkyl halides is 3. The number of hydrogen-bond acceptors (Lipinski definition) is 5. The van der Waals surface area contributed by atoms with Crippen LogP contribution in [0.2, 0.25) is 0 Å². The van der Waals surface area contributed by atoms with Crippen LogP contribution in [0.5, 0.6) is 0 Å². The number of benzene rings is 1. The molecule has 158 valence electrons. The lowest BCUT2D eigenvalue weighted by Gasteiger charge is -2.15. The lowest BCUT2D eigenvalue weighted by Crippen LogP contribution is -2.30. The molecule has 0 saturated heterocycles. The molecule has 1 atom stereocenters. The average Bonchev–Trinajstić information content (AvgIpc) is 2.94. The molecule has 2 heterocycles. The number of anilines is 1. The lowest BCUT2D eigenvalue weighted by atomic mass is 10.1. The average molecular weight is 420 g/mol. The van der Waals surface area contributed by atoms with Crippen LogP contribution in [0.1, 0.15) is 34.2 Å². The number of esters is 1. The molecule has 1 unspecified atom stereocenters. The van der Waals surface area contributed by atoms with Crippen molar-refractivity contribution in [3.8, 4) is 0 Å². The van der Waals surface area contributed by atoms with E-state index in [0.29, 0.717) is 22.4 Å². The summed E-state index contributed by atoms with van der Waals surface area (Å²) in [6.45, 7) is 4.77. The first-order chi connectivity index (χ1) is 14.0. The van der Waals surface area contributed by atoms with Crippen molar-refractivity contribution >= 4 is 28.6 Å². The van der Waals surface area contributed by atoms with Gasteiger partial charge in [0.1, 0.15) is 0 Å². The molecule has 1 amide bonds. The molecule has 0 aliphatic rings. The molecule has 10 heteroatoms. The summed E-state index contributed by atoms with van der Waals surface area (Å²) in [5, 5.41) is 7.09. The second-order valence-electron chi connectivity index (χ2n) is 6.83. The van der Waals surface area contributed by atoms with Gasteiger partial charge < -0.3 is 10.1 Å². The largest absolute Gasteiger partial charge is 0.449 e. The molecule has 1 N–H and O–H groups in total. The lowest BCUT2D eigenvalue weighted by molar-refractivity contribution is -0.137. The quantitative estimate of drug-likeness (QED) is 0.649. The molecule has 7 nitrogen and oxygen atoms in total. The zero-order valence-electron chi connectivity index (χ0n) is 16.7. The van der Waals surface area contributed by atoms with Crippen LogP contribution < -0.4 is 5.32 Å². The van der Waals surface area contributed by atoms with E-state index >= 15 is 0 Å². The van der Waals surface area contributed by atoms with E-state index in [1.54, 1.807) is 20.9 Å². The molecule has 0 fully saturated rings. The molecular formula is C20H19F3N4O3. The normalized spacial score (nSPS) is 12.6. The molecule has 3 aromatic rings. The minimum absolute atomic E-state index is 0.0528. The van der Waals surface area contributed by atoms with Gasteiger partial charge in [-0.1, -0.05) is 6.07 Å². The number of halogens is 3. The van der Waals surface area contributed by atoms with E-state index in [2.05, 4.69) is 15.4 Å². The zero-order chi connectivity index (χ0) is 22.2. The standard InChI is InChI=1S/C20H19F3N4O3/c1-10-8-15(16-11(2)26-27(4)17(16)24-10)19(29)30-12(3)18(28)25-14-7-5-6-13(9-14)20(21,22)23/h5-9,12H,1-4H3,(H,25,28). The number of aromatic nitrogens is 3. The summed E-state index contributed by atoms with van der Waals surface area (Å²) in [7, 11) is 1.70. The third-order valence-electron chi connectivity index (χ3n) is 4.43. The van der Waals surface area contributed by atoms with Crippen molar-refractivity contribution in [2.45, 2.75) is 33.1 Å². The van der Waals surface area contributed by atoms with Crippen LogP contribution >= 0.6 is 0 Å². The van der Waals surface area contributed by atoms with Crippen molar-refractivity contribution in [3.63, 3.8) is 0 Å². The molecule has 0 aliphatic heterocycles. The second-order valence-corrected chi connectivity index (χ2v) is 6.83. The molecule has 0 radical (unpaired) electrons. The third-order valence-corrected chi connectivity index (χ3v) is 4.43. The highest BCUT2D eigenvalue weighted by atomic mass is 19.4. The van der Waals surface area contributed by atoms with Crippen molar-refractivity contribution in [2.75, 3.05) is 5.32 Å². The van der Waals surface area contributed by atoms with Crippen LogP contribution in [0.15, 0.2) is 30.3 Å². The van der Waals surface area contributed by atoms with E-state index in [1.807, 2.05) is 0 Å². The SMILES string of the molecule is Cc1cc(C(=O)OC(C)C(=O)Nc2cccc(C(F)(F)F)c2)c2c(C)nn(C)c2n1. The summed E-state index contributed by atoms with van der Waals surface area (Å²) < 4.78 is 45.3. The summed E-state index contributed by atoms with van der Waals surface area (Å²) in [6.07, 6.45) is -5.78. The molecular weight excluding hydrogens is 401 g/mol. The number of hydrogen-bond donors (Lipinski definition) is 1. The number of amides is 1. The van der Waals surface area contributed by atoms with Crippen LogP contribution in [0.4, 0.5) is 18.9 Å². The topological polar surface area (TPSA) is 86.1 Å². The summed E-state index contributed by atoms with van der Waals surface area (Å²) in [5.74, 6) is -1.51. The van der Waals surface area contributed by atoms with Crippen molar-refractivity contribution in [2.24, 2.45) is 7.05 Å². The highest BCUT2D eigenvalue weighted by molar-refractivity contribution is 6.05. The van der Waals surface area contributed by atoms with Gasteiger partial charge in [-0.25, -0.2) is 9.78 Å². The molecule has 0 spiro atoms. The molecule has 3 rings (SSSR count). The monoisotopic (exact) mass is 420 g/mol. The summed E-state index contributed by atoms with van der Waals surface area (Å²) >= 11 is 0. The van der Waals surface area contributed by atoms with Crippen molar-refractivity contribution < 1.29 is 27.5 Å². The predicted molar refractivity (Wildman–Crippen MR) is 103 cm³/mol. The number of aryl methyl sites for hydroxylation is 3. The molecule has 0 saturated carbocycles. The van der Waals surface area contributed by atoms with Crippen LogP contribution in [-0.4, -0.2) is 32.7 Å². The van der Waals surface area contributed by atoms with Gasteiger partial charge in [0, 0.05) is 18.4 Å². The van der Waals surface area contributed by atoms with E-state index in [4.69, 9.17) is 4.74 Å². The van der Waals surface area contributed by atoms with Gasteiger partial charge in [-0.15, -0.1) is 0 Å². The van der Waals surface area contributed by atoms with Gasteiger partial charge in [-0.05, 0) is 45.0 Å². The van der Waals surface area contributed by atoms with Crippen LogP contribution in [0.3, 0.4) is 0 Å². The summed E-state index contributed by atoms with van der Waals surface area (Å²) in [5.41, 5.74) is 0.906. The second kappa shape index (κ2) is 7.77. The van der Waals surface area contributed by atoms with Gasteiger partial charge in [0.25, 0.3) is 5.91 Å². The predicted octanol–water partition coefficient (Wildman–Crippen LogP) is 3.79. The van der Waals surface area contributed by atoms with E-state index in [1.165, 1.54) is 29.8 Å². The van der Waals surface area contributed by atoms with E-state index < -0.39 is 29.7 Å². The van der Waals surface area contributed by atoms with Gasteiger partial charge in [-0.3, -0.25) is 9.48 Å². The van der Waals surface area contributed by atoms with Crippen LogP contribution in [-0.2, 0) is 22.8 Å². The minimum atomic E-state index is -4.54. The first kappa shape index (κ1) is 21.3. The fourth-order valence-electron chi connectivity index (χ4n) is 3.03. The Morgan fingerprint density at radius 1 is 1.20 bits per heavy atom.